The molecule has 0 spiro atoms. The van der Waals surface area contributed by atoms with Crippen molar-refractivity contribution in [3.05, 3.63) is 23.9 Å². The van der Waals surface area contributed by atoms with Crippen molar-refractivity contribution in [1.29, 1.82) is 0 Å². The second-order valence-electron chi connectivity index (χ2n) is 2.48. The summed E-state index contributed by atoms with van der Waals surface area (Å²) >= 11 is 0. The van der Waals surface area contributed by atoms with E-state index >= 15 is 0 Å². The molecule has 0 atom stereocenters. The molecule has 2 rings (SSSR count). The van der Waals surface area contributed by atoms with Crippen molar-refractivity contribution < 1.29 is 0 Å². The number of nitrogens with one attached hydrogen (secondary N) is 1. The van der Waals surface area contributed by atoms with Gasteiger partial charge in [0.05, 0.1) is 0 Å². The molecule has 3 nitrogen and oxygen atoms in total. The molecule has 0 radical (unpaired) electrons. The molecular formula is C8H11Cl2N3. The van der Waals surface area contributed by atoms with E-state index in [4.69, 9.17) is 5.73 Å². The fourth-order valence-electron chi connectivity index (χ4n) is 1.12. The van der Waals surface area contributed by atoms with Gasteiger partial charge in [0.25, 0.3) is 0 Å². The van der Waals surface area contributed by atoms with E-state index in [1.165, 1.54) is 0 Å². The highest BCUT2D eigenvalue weighted by Crippen LogP contribution is 2.20. The Morgan fingerprint density at radius 1 is 1.38 bits per heavy atom. The summed E-state index contributed by atoms with van der Waals surface area (Å²) in [4.78, 5) is 3.98. The Bertz CT molecular complexity index is 312. The summed E-state index contributed by atoms with van der Waals surface area (Å²) in [6, 6.07) is 1.85. The zero-order valence-electron chi connectivity index (χ0n) is 6.86. The van der Waals surface area contributed by atoms with Gasteiger partial charge in [-0.2, -0.15) is 0 Å². The summed E-state index contributed by atoms with van der Waals surface area (Å²) in [5.74, 6) is 0.562. The van der Waals surface area contributed by atoms with E-state index in [-0.39, 0.29) is 24.8 Å². The van der Waals surface area contributed by atoms with Crippen molar-refractivity contribution >= 4 is 42.4 Å². The van der Waals surface area contributed by atoms with Crippen LogP contribution in [0.3, 0.4) is 0 Å². The Labute approximate surface area is 89.2 Å². The van der Waals surface area contributed by atoms with Crippen LogP contribution in [0.15, 0.2) is 18.3 Å². The number of nitrogens with zero attached hydrogens (tertiary/aromatic N) is 1. The van der Waals surface area contributed by atoms with Crippen molar-refractivity contribution in [2.75, 3.05) is 17.6 Å². The Kier molecular flexibility index (Phi) is 4.59. The summed E-state index contributed by atoms with van der Waals surface area (Å²) in [7, 11) is 0. The molecule has 0 unspecified atom stereocenters. The first kappa shape index (κ1) is 12.1. The van der Waals surface area contributed by atoms with Crippen LogP contribution in [0.1, 0.15) is 5.56 Å². The van der Waals surface area contributed by atoms with Gasteiger partial charge in [-0.1, -0.05) is 12.2 Å². The number of halogens is 2. The van der Waals surface area contributed by atoms with E-state index in [1.54, 1.807) is 6.20 Å². The summed E-state index contributed by atoms with van der Waals surface area (Å²) in [5, 5.41) is 3.20. The van der Waals surface area contributed by atoms with Crippen molar-refractivity contribution in [2.24, 2.45) is 0 Å². The number of fused-ring (bicyclic) bond motifs is 1. The topological polar surface area (TPSA) is 50.9 Å². The summed E-state index contributed by atoms with van der Waals surface area (Å²) < 4.78 is 0. The highest BCUT2D eigenvalue weighted by atomic mass is 35.5. The van der Waals surface area contributed by atoms with Crippen molar-refractivity contribution in [1.82, 2.24) is 4.98 Å². The lowest BCUT2D eigenvalue weighted by molar-refractivity contribution is 1.26. The van der Waals surface area contributed by atoms with Gasteiger partial charge in [-0.25, -0.2) is 4.98 Å². The molecule has 0 bridgehead atoms. The average molecular weight is 220 g/mol. The predicted octanol–water partition coefficient (Wildman–Crippen LogP) is 1.95. The Hall–Kier alpha value is -0.930. The van der Waals surface area contributed by atoms with Crippen LogP contribution in [0.2, 0.25) is 0 Å². The third-order valence-corrected chi connectivity index (χ3v) is 1.66. The minimum Gasteiger partial charge on any atom is -0.384 e. The Morgan fingerprint density at radius 3 is 2.92 bits per heavy atom. The van der Waals surface area contributed by atoms with Crippen LogP contribution < -0.4 is 11.1 Å². The van der Waals surface area contributed by atoms with E-state index in [1.807, 2.05) is 12.1 Å². The lowest BCUT2D eigenvalue weighted by Crippen LogP contribution is -2.05. The predicted molar refractivity (Wildman–Crippen MR) is 60.7 cm³/mol. The molecule has 5 heteroatoms. The molecule has 1 aliphatic heterocycles. The van der Waals surface area contributed by atoms with Gasteiger partial charge in [0.1, 0.15) is 5.82 Å². The molecule has 0 saturated carbocycles. The van der Waals surface area contributed by atoms with Crippen molar-refractivity contribution in [3.63, 3.8) is 0 Å². The van der Waals surface area contributed by atoms with E-state index in [0.717, 1.165) is 17.8 Å². The molecule has 2 heterocycles. The first-order valence-electron chi connectivity index (χ1n) is 3.52. The normalized spacial score (nSPS) is 11.7. The molecule has 0 aromatic carbocycles. The van der Waals surface area contributed by atoms with Gasteiger partial charge in [0.15, 0.2) is 0 Å². The smallest absolute Gasteiger partial charge is 0.125 e. The van der Waals surface area contributed by atoms with Crippen molar-refractivity contribution in [2.45, 2.75) is 0 Å². The SMILES string of the molecule is Cl.Cl.Nc1cc2c(cn1)C=CCN2. The number of hydrogen-bond acceptors (Lipinski definition) is 3. The quantitative estimate of drug-likeness (QED) is 0.702. The van der Waals surface area contributed by atoms with Gasteiger partial charge in [0.2, 0.25) is 0 Å². The number of hydrogen-bond donors (Lipinski definition) is 2. The van der Waals surface area contributed by atoms with E-state index in [2.05, 4.69) is 16.4 Å². The van der Waals surface area contributed by atoms with Crippen LogP contribution in [0.25, 0.3) is 6.08 Å². The van der Waals surface area contributed by atoms with E-state index in [9.17, 15) is 0 Å². The van der Waals surface area contributed by atoms with Gasteiger partial charge < -0.3 is 11.1 Å². The van der Waals surface area contributed by atoms with E-state index < -0.39 is 0 Å². The van der Waals surface area contributed by atoms with Crippen LogP contribution in [0, 0.1) is 0 Å². The number of nitrogen functional groups attached to an aromatic ring is 1. The van der Waals surface area contributed by atoms with Gasteiger partial charge in [-0.3, -0.25) is 0 Å². The third-order valence-electron chi connectivity index (χ3n) is 1.66. The van der Waals surface area contributed by atoms with Gasteiger partial charge >= 0.3 is 0 Å². The second-order valence-corrected chi connectivity index (χ2v) is 2.48. The fourth-order valence-corrected chi connectivity index (χ4v) is 1.12. The molecule has 1 aromatic rings. The first-order chi connectivity index (χ1) is 5.36. The maximum Gasteiger partial charge on any atom is 0.125 e. The minimum absolute atomic E-state index is 0. The van der Waals surface area contributed by atoms with Gasteiger partial charge in [-0.05, 0) is 0 Å². The highest BCUT2D eigenvalue weighted by Gasteiger charge is 2.02. The molecule has 13 heavy (non-hydrogen) atoms. The molecule has 0 fully saturated rings. The molecule has 3 N–H and O–H groups in total. The summed E-state index contributed by atoms with van der Waals surface area (Å²) in [6.45, 7) is 0.871. The maximum atomic E-state index is 5.51. The molecule has 0 saturated heterocycles. The molecule has 0 amide bonds. The number of rotatable bonds is 0. The molecule has 1 aliphatic rings. The molecular weight excluding hydrogens is 209 g/mol. The van der Waals surface area contributed by atoms with Crippen LogP contribution >= 0.6 is 24.8 Å². The zero-order chi connectivity index (χ0) is 7.68. The van der Waals surface area contributed by atoms with Crippen LogP contribution in [0.4, 0.5) is 11.5 Å². The lowest BCUT2D eigenvalue weighted by atomic mass is 10.1. The summed E-state index contributed by atoms with van der Waals surface area (Å²) in [5.41, 5.74) is 7.68. The van der Waals surface area contributed by atoms with E-state index in [0.29, 0.717) is 5.82 Å². The second kappa shape index (κ2) is 4.94. The summed E-state index contributed by atoms with van der Waals surface area (Å²) in [6.07, 6.45) is 5.87. The number of anilines is 2. The van der Waals surface area contributed by atoms with Crippen molar-refractivity contribution in [3.8, 4) is 0 Å². The standard InChI is InChI=1S/C8H9N3.2ClH/c9-8-4-7-6(5-11-8)2-1-3-10-7;;/h1-2,4-5,10H,3H2,(H2,9,11);2*1H. The largest absolute Gasteiger partial charge is 0.384 e. The lowest BCUT2D eigenvalue weighted by Gasteiger charge is -2.11. The number of nitrogens with two attached hydrogens (primary N) is 1. The van der Waals surface area contributed by atoms with Crippen LogP contribution in [-0.2, 0) is 0 Å². The molecule has 72 valence electrons. The number of pyridine rings is 1. The fraction of sp³-hybridized carbons (Fsp3) is 0.125. The van der Waals surface area contributed by atoms with Gasteiger partial charge in [-0.15, -0.1) is 24.8 Å². The third kappa shape index (κ3) is 2.50. The molecule has 0 aliphatic carbocycles. The zero-order valence-corrected chi connectivity index (χ0v) is 8.49. The van der Waals surface area contributed by atoms with Crippen LogP contribution in [0.5, 0.6) is 0 Å². The first-order valence-corrected chi connectivity index (χ1v) is 3.52. The monoisotopic (exact) mass is 219 g/mol. The maximum absolute atomic E-state index is 5.51. The Balaban J connectivity index is 0.000000720. The number of aromatic nitrogens is 1. The highest BCUT2D eigenvalue weighted by molar-refractivity contribution is 5.85. The minimum atomic E-state index is 0. The average Bonchev–Trinajstić information content (AvgIpc) is 2.04. The molecule has 1 aromatic heterocycles. The van der Waals surface area contributed by atoms with Crippen LogP contribution in [-0.4, -0.2) is 11.5 Å². The Morgan fingerprint density at radius 2 is 2.15 bits per heavy atom. The van der Waals surface area contributed by atoms with Gasteiger partial charge in [0, 0.05) is 30.1 Å².